The highest BCUT2D eigenvalue weighted by atomic mass is 16.5. The monoisotopic (exact) mass is 514 g/mol. The van der Waals surface area contributed by atoms with Gasteiger partial charge in [0.25, 0.3) is 0 Å². The first-order valence-electron chi connectivity index (χ1n) is 11.7. The molecule has 0 aromatic heterocycles. The van der Waals surface area contributed by atoms with Crippen molar-refractivity contribution in [2.24, 2.45) is 0 Å². The highest BCUT2D eigenvalue weighted by Crippen LogP contribution is 2.25. The number of ether oxygens (including phenoxy) is 5. The number of hydrogen-bond donors (Lipinski definition) is 6. The lowest BCUT2D eigenvalue weighted by atomic mass is 10.2. The van der Waals surface area contributed by atoms with Crippen molar-refractivity contribution >= 4 is 34.1 Å². The van der Waals surface area contributed by atoms with Gasteiger partial charge in [-0.05, 0) is 48.5 Å². The molecule has 0 heterocycles. The van der Waals surface area contributed by atoms with Crippen molar-refractivity contribution in [1.82, 2.24) is 0 Å². The molecular formula is C26H38N6O5. The molecule has 3 rings (SSSR count). The fraction of sp³-hybridized carbons (Fsp3) is 0.308. The highest BCUT2D eigenvalue weighted by molar-refractivity contribution is 5.61. The third-order valence-electron chi connectivity index (χ3n) is 4.83. The van der Waals surface area contributed by atoms with Crippen LogP contribution in [-0.4, -0.2) is 46.8 Å². The summed E-state index contributed by atoms with van der Waals surface area (Å²) < 4.78 is 26.6. The molecule has 0 saturated heterocycles. The van der Waals surface area contributed by atoms with E-state index in [4.69, 9.17) is 58.1 Å². The predicted octanol–water partition coefficient (Wildman–Crippen LogP) is 2.76. The largest absolute Gasteiger partial charge is 0.491 e. The van der Waals surface area contributed by atoms with Gasteiger partial charge in [-0.2, -0.15) is 0 Å². The standard InChI is InChI=1S/C15H20N4O2.C11H18N2O3/c16-10-2-4-14(12(18)8-10)20-6-1-7-21-15-5-3-11(17)9-13(15)19;1-14-4-5-15-6-7-16-11-8-9(12)2-3-10(11)13/h2-5,8-9H,1,6-7,16-19H2;2-3,8H,4-7,12-13H2,1H3. The summed E-state index contributed by atoms with van der Waals surface area (Å²) in [4.78, 5) is 0. The normalized spacial score (nSPS) is 10.3. The number of benzene rings is 3. The minimum Gasteiger partial charge on any atom is -0.491 e. The Morgan fingerprint density at radius 2 is 0.973 bits per heavy atom. The van der Waals surface area contributed by atoms with Crippen molar-refractivity contribution < 1.29 is 23.7 Å². The van der Waals surface area contributed by atoms with Crippen LogP contribution in [0, 0.1) is 0 Å². The molecule has 3 aromatic carbocycles. The molecule has 0 fully saturated rings. The molecule has 0 aliphatic rings. The molecule has 37 heavy (non-hydrogen) atoms. The van der Waals surface area contributed by atoms with E-state index in [1.54, 1.807) is 61.7 Å². The summed E-state index contributed by atoms with van der Waals surface area (Å²) in [5, 5.41) is 0. The van der Waals surface area contributed by atoms with Crippen LogP contribution in [-0.2, 0) is 9.47 Å². The van der Waals surface area contributed by atoms with Crippen molar-refractivity contribution in [3.8, 4) is 17.2 Å². The average Bonchev–Trinajstić information content (AvgIpc) is 2.86. The maximum absolute atomic E-state index is 5.80. The second-order valence-corrected chi connectivity index (χ2v) is 7.90. The Labute approximate surface area is 217 Å². The second kappa shape index (κ2) is 15.7. The number of nitrogens with two attached hydrogens (primary N) is 6. The fourth-order valence-corrected chi connectivity index (χ4v) is 2.95. The van der Waals surface area contributed by atoms with Gasteiger partial charge in [0, 0.05) is 36.7 Å². The van der Waals surface area contributed by atoms with Crippen LogP contribution in [0.3, 0.4) is 0 Å². The van der Waals surface area contributed by atoms with Crippen LogP contribution in [0.4, 0.5) is 34.1 Å². The number of rotatable bonds is 13. The van der Waals surface area contributed by atoms with Gasteiger partial charge in [0.1, 0.15) is 23.9 Å². The van der Waals surface area contributed by atoms with E-state index in [0.717, 1.165) is 0 Å². The van der Waals surface area contributed by atoms with Gasteiger partial charge >= 0.3 is 0 Å². The van der Waals surface area contributed by atoms with Crippen LogP contribution in [0.2, 0.25) is 0 Å². The summed E-state index contributed by atoms with van der Waals surface area (Å²) in [6.07, 6.45) is 0.702. The van der Waals surface area contributed by atoms with Crippen molar-refractivity contribution in [2.75, 3.05) is 81.2 Å². The van der Waals surface area contributed by atoms with E-state index in [2.05, 4.69) is 0 Å². The van der Waals surface area contributed by atoms with Crippen LogP contribution in [0.15, 0.2) is 54.6 Å². The second-order valence-electron chi connectivity index (χ2n) is 7.90. The van der Waals surface area contributed by atoms with Gasteiger partial charge in [0.2, 0.25) is 0 Å². The van der Waals surface area contributed by atoms with Gasteiger partial charge in [-0.15, -0.1) is 0 Å². The van der Waals surface area contributed by atoms with Crippen LogP contribution < -0.4 is 48.6 Å². The molecule has 11 heteroatoms. The molecule has 0 bridgehead atoms. The van der Waals surface area contributed by atoms with Crippen molar-refractivity contribution in [1.29, 1.82) is 0 Å². The smallest absolute Gasteiger partial charge is 0.144 e. The molecule has 12 N–H and O–H groups in total. The van der Waals surface area contributed by atoms with E-state index in [0.29, 0.717) is 97.4 Å². The molecule has 0 aliphatic carbocycles. The van der Waals surface area contributed by atoms with Gasteiger partial charge in [-0.25, -0.2) is 0 Å². The summed E-state index contributed by atoms with van der Waals surface area (Å²) >= 11 is 0. The number of methoxy groups -OCH3 is 1. The van der Waals surface area contributed by atoms with E-state index in [9.17, 15) is 0 Å². The number of anilines is 6. The maximum Gasteiger partial charge on any atom is 0.144 e. The predicted molar refractivity (Wildman–Crippen MR) is 150 cm³/mol. The Balaban J connectivity index is 0.000000271. The summed E-state index contributed by atoms with van der Waals surface area (Å²) in [7, 11) is 1.63. The Hall–Kier alpha value is -4.22. The van der Waals surface area contributed by atoms with Crippen molar-refractivity contribution in [3.05, 3.63) is 54.6 Å². The van der Waals surface area contributed by atoms with E-state index < -0.39 is 0 Å². The molecule has 0 unspecified atom stereocenters. The number of hydrogen-bond acceptors (Lipinski definition) is 11. The zero-order chi connectivity index (χ0) is 27.0. The zero-order valence-electron chi connectivity index (χ0n) is 21.2. The van der Waals surface area contributed by atoms with Gasteiger partial charge in [-0.1, -0.05) is 0 Å². The van der Waals surface area contributed by atoms with E-state index in [1.807, 2.05) is 0 Å². The van der Waals surface area contributed by atoms with Crippen molar-refractivity contribution in [3.63, 3.8) is 0 Å². The lowest BCUT2D eigenvalue weighted by molar-refractivity contribution is 0.0545. The van der Waals surface area contributed by atoms with Gasteiger partial charge in [0.15, 0.2) is 0 Å². The minimum atomic E-state index is 0.442. The Morgan fingerprint density at radius 1 is 0.486 bits per heavy atom. The maximum atomic E-state index is 5.80. The summed E-state index contributed by atoms with van der Waals surface area (Å²) in [6, 6.07) is 15.5. The van der Waals surface area contributed by atoms with Crippen LogP contribution >= 0.6 is 0 Å². The van der Waals surface area contributed by atoms with Crippen LogP contribution in [0.1, 0.15) is 6.42 Å². The van der Waals surface area contributed by atoms with Gasteiger partial charge in [0.05, 0.1) is 50.1 Å². The Bertz CT molecular complexity index is 1050. The lowest BCUT2D eigenvalue weighted by Gasteiger charge is -2.11. The topological polar surface area (TPSA) is 202 Å². The lowest BCUT2D eigenvalue weighted by Crippen LogP contribution is -2.10. The Kier molecular flexibility index (Phi) is 12.3. The van der Waals surface area contributed by atoms with E-state index >= 15 is 0 Å². The van der Waals surface area contributed by atoms with Crippen molar-refractivity contribution in [2.45, 2.75) is 6.42 Å². The summed E-state index contributed by atoms with van der Waals surface area (Å²) in [6.45, 7) is 3.06. The van der Waals surface area contributed by atoms with Gasteiger partial charge < -0.3 is 58.1 Å². The quantitative estimate of drug-likeness (QED) is 0.144. The van der Waals surface area contributed by atoms with E-state index in [1.165, 1.54) is 0 Å². The minimum absolute atomic E-state index is 0.442. The first-order chi connectivity index (χ1) is 17.8. The summed E-state index contributed by atoms with van der Waals surface area (Å²) in [5.41, 5.74) is 37.6. The molecule has 0 amide bonds. The van der Waals surface area contributed by atoms with Gasteiger partial charge in [-0.3, -0.25) is 0 Å². The van der Waals surface area contributed by atoms with Crippen LogP contribution in [0.5, 0.6) is 17.2 Å². The zero-order valence-corrected chi connectivity index (χ0v) is 21.2. The highest BCUT2D eigenvalue weighted by Gasteiger charge is 2.03. The number of nitrogen functional groups attached to an aromatic ring is 6. The molecule has 0 aliphatic heterocycles. The molecule has 0 atom stereocenters. The van der Waals surface area contributed by atoms with E-state index in [-0.39, 0.29) is 0 Å². The fourth-order valence-electron chi connectivity index (χ4n) is 2.95. The average molecular weight is 515 g/mol. The third-order valence-corrected chi connectivity index (χ3v) is 4.83. The molecule has 11 nitrogen and oxygen atoms in total. The molecule has 3 aromatic rings. The molecule has 202 valence electrons. The molecular weight excluding hydrogens is 476 g/mol. The SMILES string of the molecule is COCCOCCOc1cc(N)ccc1N.Nc1ccc(OCCCOc2ccc(N)cc2N)c(N)c1. The molecule has 0 radical (unpaired) electrons. The molecule has 0 spiro atoms. The first kappa shape index (κ1) is 29.0. The Morgan fingerprint density at radius 3 is 1.51 bits per heavy atom. The first-order valence-corrected chi connectivity index (χ1v) is 11.7. The molecule has 0 saturated carbocycles. The summed E-state index contributed by atoms with van der Waals surface area (Å²) in [5.74, 6) is 1.84. The third kappa shape index (κ3) is 10.9. The van der Waals surface area contributed by atoms with Crippen LogP contribution in [0.25, 0.3) is 0 Å².